The van der Waals surface area contributed by atoms with Crippen molar-refractivity contribution < 1.29 is 33.8 Å². The van der Waals surface area contributed by atoms with Crippen LogP contribution < -0.4 is 15.4 Å². The first-order chi connectivity index (χ1) is 13.3. The minimum atomic E-state index is -1.17. The van der Waals surface area contributed by atoms with Crippen LogP contribution in [-0.4, -0.2) is 61.6 Å². The van der Waals surface area contributed by atoms with Gasteiger partial charge in [0.25, 0.3) is 0 Å². The van der Waals surface area contributed by atoms with Gasteiger partial charge in [0.15, 0.2) is 5.78 Å². The van der Waals surface area contributed by atoms with Crippen molar-refractivity contribution in [1.82, 2.24) is 10.6 Å². The Bertz CT molecular complexity index is 671. The van der Waals surface area contributed by atoms with E-state index >= 15 is 0 Å². The number of ether oxygens (including phenoxy) is 2. The summed E-state index contributed by atoms with van der Waals surface area (Å²) in [6.07, 6.45) is 0.589. The maximum absolute atomic E-state index is 11.7. The molecule has 0 aliphatic carbocycles. The Kier molecular flexibility index (Phi) is 10.3. The largest absolute Gasteiger partial charge is 0.492 e. The van der Waals surface area contributed by atoms with Crippen LogP contribution in [0, 0.1) is 0 Å². The molecular formula is C19H26N2O7. The van der Waals surface area contributed by atoms with E-state index in [-0.39, 0.29) is 42.2 Å². The zero-order valence-electron chi connectivity index (χ0n) is 16.1. The second-order valence-electron chi connectivity index (χ2n) is 5.94. The van der Waals surface area contributed by atoms with Crippen molar-refractivity contribution in [2.75, 3.05) is 32.9 Å². The molecule has 1 aromatic carbocycles. The Morgan fingerprint density at radius 1 is 0.929 bits per heavy atom. The highest BCUT2D eigenvalue weighted by atomic mass is 16.5. The van der Waals surface area contributed by atoms with E-state index in [2.05, 4.69) is 10.6 Å². The van der Waals surface area contributed by atoms with E-state index in [1.807, 2.05) is 6.92 Å². The van der Waals surface area contributed by atoms with Crippen molar-refractivity contribution in [1.29, 1.82) is 0 Å². The molecule has 28 heavy (non-hydrogen) atoms. The summed E-state index contributed by atoms with van der Waals surface area (Å²) in [5, 5.41) is 14.2. The number of carbonyl (C=O) groups excluding carboxylic acids is 3. The van der Waals surface area contributed by atoms with Crippen LogP contribution in [0.1, 0.15) is 47.4 Å². The molecule has 0 fully saturated rings. The zero-order chi connectivity index (χ0) is 20.9. The maximum Gasteiger partial charge on any atom is 0.335 e. The second kappa shape index (κ2) is 12.4. The molecule has 0 spiro atoms. The van der Waals surface area contributed by atoms with Crippen LogP contribution in [0.25, 0.3) is 0 Å². The molecule has 0 aliphatic heterocycles. The van der Waals surface area contributed by atoms with E-state index in [0.29, 0.717) is 19.8 Å². The molecule has 0 saturated heterocycles. The van der Waals surface area contributed by atoms with Gasteiger partial charge in [-0.3, -0.25) is 14.4 Å². The lowest BCUT2D eigenvalue weighted by Crippen LogP contribution is -2.35. The van der Waals surface area contributed by atoms with Crippen LogP contribution in [0.5, 0.6) is 5.75 Å². The Morgan fingerprint density at radius 3 is 2.11 bits per heavy atom. The average Bonchev–Trinajstić information content (AvgIpc) is 2.64. The SMILES string of the molecule is CCCOCCNC(=O)CC(=O)NCCOc1cc(C(C)=O)cc(C(=O)O)c1. The molecule has 0 saturated carbocycles. The fraction of sp³-hybridized carbons (Fsp3) is 0.474. The number of ketones is 1. The molecule has 9 heteroatoms. The van der Waals surface area contributed by atoms with Gasteiger partial charge in [-0.15, -0.1) is 0 Å². The predicted octanol–water partition coefficient (Wildman–Crippen LogP) is 1.02. The third kappa shape index (κ3) is 9.13. The normalized spacial score (nSPS) is 10.2. The number of benzene rings is 1. The fourth-order valence-corrected chi connectivity index (χ4v) is 2.15. The van der Waals surface area contributed by atoms with Crippen LogP contribution in [0.3, 0.4) is 0 Å². The van der Waals surface area contributed by atoms with Crippen LogP contribution in [0.4, 0.5) is 0 Å². The van der Waals surface area contributed by atoms with Gasteiger partial charge in [0.05, 0.1) is 18.7 Å². The summed E-state index contributed by atoms with van der Waals surface area (Å²) < 4.78 is 10.6. The lowest BCUT2D eigenvalue weighted by Gasteiger charge is -2.10. The maximum atomic E-state index is 11.7. The van der Waals surface area contributed by atoms with Crippen molar-refractivity contribution in [2.24, 2.45) is 0 Å². The summed E-state index contributed by atoms with van der Waals surface area (Å²) in [6, 6.07) is 4.00. The van der Waals surface area contributed by atoms with Crippen LogP contribution in [0.2, 0.25) is 0 Å². The summed E-state index contributed by atoms with van der Waals surface area (Å²) in [4.78, 5) is 45.9. The molecule has 0 bridgehead atoms. The lowest BCUT2D eigenvalue weighted by atomic mass is 10.1. The molecule has 1 aromatic rings. The molecule has 0 unspecified atom stereocenters. The van der Waals surface area contributed by atoms with Crippen LogP contribution in [-0.2, 0) is 14.3 Å². The van der Waals surface area contributed by atoms with Gasteiger partial charge < -0.3 is 25.2 Å². The first-order valence-corrected chi connectivity index (χ1v) is 8.96. The van der Waals surface area contributed by atoms with E-state index in [4.69, 9.17) is 14.6 Å². The Morgan fingerprint density at radius 2 is 1.54 bits per heavy atom. The number of nitrogens with one attached hydrogen (secondary N) is 2. The number of amides is 2. The molecule has 9 nitrogen and oxygen atoms in total. The van der Waals surface area contributed by atoms with Gasteiger partial charge in [-0.1, -0.05) is 6.92 Å². The predicted molar refractivity (Wildman–Crippen MR) is 101 cm³/mol. The summed E-state index contributed by atoms with van der Waals surface area (Å²) in [5.41, 5.74) is 0.157. The standard InChI is InChI=1S/C19H26N2O7/c1-3-6-27-7-4-20-17(23)12-18(24)21-5-8-28-16-10-14(13(2)22)9-15(11-16)19(25)26/h9-11H,3-8,12H2,1-2H3,(H,20,23)(H,21,24)(H,25,26). The minimum Gasteiger partial charge on any atom is -0.492 e. The molecule has 0 atom stereocenters. The van der Waals surface area contributed by atoms with E-state index in [0.717, 1.165) is 6.42 Å². The van der Waals surface area contributed by atoms with Gasteiger partial charge in [-0.05, 0) is 31.5 Å². The molecule has 0 heterocycles. The second-order valence-corrected chi connectivity index (χ2v) is 5.94. The minimum absolute atomic E-state index is 0.0542. The molecule has 2 amide bonds. The first-order valence-electron chi connectivity index (χ1n) is 8.96. The van der Waals surface area contributed by atoms with Crippen molar-refractivity contribution in [3.8, 4) is 5.75 Å². The highest BCUT2D eigenvalue weighted by Gasteiger charge is 2.11. The van der Waals surface area contributed by atoms with Crippen LogP contribution >= 0.6 is 0 Å². The number of carbonyl (C=O) groups is 4. The molecule has 0 radical (unpaired) electrons. The summed E-state index contributed by atoms with van der Waals surface area (Å²) >= 11 is 0. The molecule has 0 aliphatic rings. The number of carboxylic acids is 1. The Labute approximate surface area is 163 Å². The van der Waals surface area contributed by atoms with Gasteiger partial charge in [-0.25, -0.2) is 4.79 Å². The van der Waals surface area contributed by atoms with Gasteiger partial charge in [0, 0.05) is 18.7 Å². The van der Waals surface area contributed by atoms with E-state index < -0.39 is 17.8 Å². The Balaban J connectivity index is 2.34. The first kappa shape index (κ1) is 23.1. The molecule has 3 N–H and O–H groups in total. The van der Waals surface area contributed by atoms with Crippen molar-refractivity contribution >= 4 is 23.6 Å². The average molecular weight is 394 g/mol. The summed E-state index contributed by atoms with van der Waals surface area (Å²) in [5.74, 6) is -2.11. The van der Waals surface area contributed by atoms with Gasteiger partial charge >= 0.3 is 5.97 Å². The number of hydrogen-bond acceptors (Lipinski definition) is 6. The highest BCUT2D eigenvalue weighted by molar-refractivity contribution is 5.98. The van der Waals surface area contributed by atoms with E-state index in [9.17, 15) is 19.2 Å². The number of Topliss-reactive ketones (excluding diaryl/α,β-unsaturated/α-hetero) is 1. The third-order valence-electron chi connectivity index (χ3n) is 3.49. The molecule has 154 valence electrons. The number of rotatable bonds is 13. The monoisotopic (exact) mass is 394 g/mol. The molecule has 1 rings (SSSR count). The molecule has 0 aromatic heterocycles. The van der Waals surface area contributed by atoms with Gasteiger partial charge in [0.1, 0.15) is 18.8 Å². The number of hydrogen-bond donors (Lipinski definition) is 3. The molecular weight excluding hydrogens is 368 g/mol. The van der Waals surface area contributed by atoms with Crippen LogP contribution in [0.15, 0.2) is 18.2 Å². The van der Waals surface area contributed by atoms with Gasteiger partial charge in [0.2, 0.25) is 11.8 Å². The summed E-state index contributed by atoms with van der Waals surface area (Å²) in [7, 11) is 0. The fourth-order valence-electron chi connectivity index (χ4n) is 2.15. The van der Waals surface area contributed by atoms with Crippen molar-refractivity contribution in [3.63, 3.8) is 0 Å². The number of carboxylic acid groups (broad SMARTS) is 1. The van der Waals surface area contributed by atoms with E-state index in [1.54, 1.807) is 0 Å². The van der Waals surface area contributed by atoms with Crippen molar-refractivity contribution in [3.05, 3.63) is 29.3 Å². The highest BCUT2D eigenvalue weighted by Crippen LogP contribution is 2.18. The smallest absolute Gasteiger partial charge is 0.335 e. The quantitative estimate of drug-likeness (QED) is 0.258. The van der Waals surface area contributed by atoms with Crippen molar-refractivity contribution in [2.45, 2.75) is 26.7 Å². The topological polar surface area (TPSA) is 131 Å². The van der Waals surface area contributed by atoms with Gasteiger partial charge in [-0.2, -0.15) is 0 Å². The lowest BCUT2D eigenvalue weighted by molar-refractivity contribution is -0.129. The third-order valence-corrected chi connectivity index (χ3v) is 3.49. The zero-order valence-corrected chi connectivity index (χ0v) is 16.1. The number of aromatic carboxylic acids is 1. The Hall–Kier alpha value is -2.94. The van der Waals surface area contributed by atoms with E-state index in [1.165, 1.54) is 25.1 Å². The summed E-state index contributed by atoms with van der Waals surface area (Å²) in [6.45, 7) is 4.85.